The first kappa shape index (κ1) is 27.9. The Morgan fingerprint density at radius 1 is 1.05 bits per heavy atom. The molecule has 2 fully saturated rings. The molecule has 206 valence electrons. The van der Waals surface area contributed by atoms with Crippen LogP contribution in [-0.2, 0) is 4.84 Å². The number of oxime groups is 1. The number of nitrogens with zero attached hydrogens (tertiary/aromatic N) is 4. The van der Waals surface area contributed by atoms with Gasteiger partial charge >= 0.3 is 6.36 Å². The maximum atomic E-state index is 13.2. The molecular formula is C28H35F3N4O3. The van der Waals surface area contributed by atoms with E-state index < -0.39 is 6.36 Å². The van der Waals surface area contributed by atoms with Gasteiger partial charge in [0.05, 0.1) is 17.0 Å². The topological polar surface area (TPSA) is 67.3 Å². The summed E-state index contributed by atoms with van der Waals surface area (Å²) < 4.78 is 41.5. The zero-order valence-electron chi connectivity index (χ0n) is 22.3. The Kier molecular flexibility index (Phi) is 8.30. The summed E-state index contributed by atoms with van der Waals surface area (Å²) in [5, 5.41) is 4.24. The highest BCUT2D eigenvalue weighted by atomic mass is 19.4. The van der Waals surface area contributed by atoms with E-state index in [9.17, 15) is 18.0 Å². The molecule has 0 radical (unpaired) electrons. The fourth-order valence-corrected chi connectivity index (χ4v) is 5.66. The summed E-state index contributed by atoms with van der Waals surface area (Å²) >= 11 is 0. The van der Waals surface area contributed by atoms with Gasteiger partial charge in [0.15, 0.2) is 0 Å². The number of carbonyl (C=O) groups is 1. The highest BCUT2D eigenvalue weighted by Crippen LogP contribution is 2.34. The number of pyridine rings is 1. The zero-order chi connectivity index (χ0) is 27.5. The standard InChI is InChI=1S/C28H35F3N4O3/c1-19-9-14-32-20(2)24(19)26(36)34-17-12-27(3,13-18-34)35-15-10-22(11-16-35)25(33-37-4)21-5-7-23(8-6-21)38-28(29,30)31/h5-9,14,22H,10-13,15-18H2,1-4H3/b33-25-. The molecule has 2 aromatic rings. The van der Waals surface area contributed by atoms with Crippen molar-refractivity contribution in [1.82, 2.24) is 14.8 Å². The minimum Gasteiger partial charge on any atom is -0.406 e. The number of alkyl halides is 3. The lowest BCUT2D eigenvalue weighted by atomic mass is 9.82. The van der Waals surface area contributed by atoms with Crippen molar-refractivity contribution in [2.75, 3.05) is 33.3 Å². The molecule has 2 aliphatic heterocycles. The van der Waals surface area contributed by atoms with Crippen LogP contribution in [0, 0.1) is 19.8 Å². The van der Waals surface area contributed by atoms with Crippen molar-refractivity contribution < 1.29 is 27.5 Å². The fraction of sp³-hybridized carbons (Fsp3) is 0.536. The van der Waals surface area contributed by atoms with E-state index in [0.717, 1.165) is 61.3 Å². The van der Waals surface area contributed by atoms with Crippen LogP contribution in [0.5, 0.6) is 5.75 Å². The van der Waals surface area contributed by atoms with Crippen LogP contribution in [0.2, 0.25) is 0 Å². The van der Waals surface area contributed by atoms with Crippen LogP contribution in [0.25, 0.3) is 0 Å². The van der Waals surface area contributed by atoms with Gasteiger partial charge in [-0.15, -0.1) is 13.2 Å². The summed E-state index contributed by atoms with van der Waals surface area (Å²) in [6, 6.07) is 7.65. The van der Waals surface area contributed by atoms with Crippen LogP contribution in [-0.4, -0.2) is 71.6 Å². The zero-order valence-corrected chi connectivity index (χ0v) is 22.3. The minimum absolute atomic E-state index is 0.00405. The lowest BCUT2D eigenvalue weighted by molar-refractivity contribution is -0.274. The van der Waals surface area contributed by atoms with Crippen LogP contribution in [0.3, 0.4) is 0 Å². The highest BCUT2D eigenvalue weighted by Gasteiger charge is 2.40. The molecule has 38 heavy (non-hydrogen) atoms. The van der Waals surface area contributed by atoms with Crippen LogP contribution < -0.4 is 4.74 Å². The summed E-state index contributed by atoms with van der Waals surface area (Å²) in [6.45, 7) is 9.24. The summed E-state index contributed by atoms with van der Waals surface area (Å²) in [5.41, 5.74) is 3.88. The third-order valence-corrected chi connectivity index (χ3v) is 7.91. The first-order chi connectivity index (χ1) is 18.0. The molecule has 2 saturated heterocycles. The van der Waals surface area contributed by atoms with Gasteiger partial charge in [0.2, 0.25) is 0 Å². The number of hydrogen-bond donors (Lipinski definition) is 0. The maximum Gasteiger partial charge on any atom is 0.573 e. The van der Waals surface area contributed by atoms with Gasteiger partial charge in [-0.3, -0.25) is 14.7 Å². The predicted molar refractivity (Wildman–Crippen MR) is 138 cm³/mol. The molecule has 0 atom stereocenters. The van der Waals surface area contributed by atoms with Crippen molar-refractivity contribution in [1.29, 1.82) is 0 Å². The third kappa shape index (κ3) is 6.28. The van der Waals surface area contributed by atoms with E-state index in [1.165, 1.54) is 19.2 Å². The highest BCUT2D eigenvalue weighted by molar-refractivity contribution is 6.02. The number of aryl methyl sites for hydroxylation is 2. The molecule has 0 N–H and O–H groups in total. The molecule has 4 rings (SSSR count). The lowest BCUT2D eigenvalue weighted by Gasteiger charge is -2.49. The smallest absolute Gasteiger partial charge is 0.406 e. The number of carbonyl (C=O) groups excluding carboxylic acids is 1. The van der Waals surface area contributed by atoms with Gasteiger partial charge in [-0.2, -0.15) is 0 Å². The molecular weight excluding hydrogens is 497 g/mol. The van der Waals surface area contributed by atoms with E-state index in [1.807, 2.05) is 24.8 Å². The largest absolute Gasteiger partial charge is 0.573 e. The number of piperidine rings is 2. The molecule has 3 heterocycles. The van der Waals surface area contributed by atoms with Gasteiger partial charge in [-0.25, -0.2) is 0 Å². The summed E-state index contributed by atoms with van der Waals surface area (Å²) in [6.07, 6.45) is 0.500. The van der Waals surface area contributed by atoms with Crippen molar-refractivity contribution in [3.05, 3.63) is 58.9 Å². The van der Waals surface area contributed by atoms with Crippen LogP contribution in [0.1, 0.15) is 59.8 Å². The van der Waals surface area contributed by atoms with Gasteiger partial charge in [0, 0.05) is 30.7 Å². The van der Waals surface area contributed by atoms with Crippen molar-refractivity contribution in [2.24, 2.45) is 11.1 Å². The molecule has 1 aromatic heterocycles. The first-order valence-corrected chi connectivity index (χ1v) is 12.9. The molecule has 0 saturated carbocycles. The Hall–Kier alpha value is -3.14. The Morgan fingerprint density at radius 2 is 1.68 bits per heavy atom. The summed E-state index contributed by atoms with van der Waals surface area (Å²) in [7, 11) is 1.47. The molecule has 0 unspecified atom stereocenters. The summed E-state index contributed by atoms with van der Waals surface area (Å²) in [4.78, 5) is 27.1. The number of hydrogen-bond acceptors (Lipinski definition) is 6. The normalized spacial score (nSPS) is 19.3. The number of ether oxygens (including phenoxy) is 1. The first-order valence-electron chi connectivity index (χ1n) is 12.9. The van der Waals surface area contributed by atoms with Crippen LogP contribution in [0.4, 0.5) is 13.2 Å². The van der Waals surface area contributed by atoms with Crippen LogP contribution in [0.15, 0.2) is 41.7 Å². The molecule has 0 aliphatic carbocycles. The quantitative estimate of drug-likeness (QED) is 0.371. The molecule has 1 aromatic carbocycles. The second-order valence-corrected chi connectivity index (χ2v) is 10.4. The molecule has 0 bridgehead atoms. The lowest BCUT2D eigenvalue weighted by Crippen LogP contribution is -2.56. The van der Waals surface area contributed by atoms with E-state index in [2.05, 4.69) is 26.7 Å². The number of aromatic nitrogens is 1. The average Bonchev–Trinajstić information content (AvgIpc) is 2.87. The Bertz CT molecular complexity index is 1130. The Labute approximate surface area is 221 Å². The van der Waals surface area contributed by atoms with Gasteiger partial charge in [0.25, 0.3) is 5.91 Å². The number of halogens is 3. The van der Waals surface area contributed by atoms with E-state index >= 15 is 0 Å². The maximum absolute atomic E-state index is 13.2. The van der Waals surface area contributed by atoms with Gasteiger partial charge in [0.1, 0.15) is 12.9 Å². The minimum atomic E-state index is -4.73. The fourth-order valence-electron chi connectivity index (χ4n) is 5.66. The molecule has 1 amide bonds. The molecule has 10 heteroatoms. The van der Waals surface area contributed by atoms with E-state index in [0.29, 0.717) is 18.7 Å². The van der Waals surface area contributed by atoms with Crippen molar-refractivity contribution >= 4 is 11.6 Å². The second-order valence-electron chi connectivity index (χ2n) is 10.4. The van der Waals surface area contributed by atoms with E-state index in [4.69, 9.17) is 4.84 Å². The molecule has 7 nitrogen and oxygen atoms in total. The third-order valence-electron chi connectivity index (χ3n) is 7.91. The number of benzene rings is 1. The van der Waals surface area contributed by atoms with Crippen molar-refractivity contribution in [3.8, 4) is 5.75 Å². The Morgan fingerprint density at radius 3 is 2.24 bits per heavy atom. The van der Waals surface area contributed by atoms with Gasteiger partial charge in [-0.05, 0) is 101 Å². The Balaban J connectivity index is 1.36. The number of rotatable bonds is 6. The van der Waals surface area contributed by atoms with Gasteiger partial charge in [-0.1, -0.05) is 5.16 Å². The van der Waals surface area contributed by atoms with Crippen molar-refractivity contribution in [2.45, 2.75) is 58.4 Å². The van der Waals surface area contributed by atoms with Crippen molar-refractivity contribution in [3.63, 3.8) is 0 Å². The second kappa shape index (κ2) is 11.3. The molecule has 0 spiro atoms. The predicted octanol–water partition coefficient (Wildman–Crippen LogP) is 5.35. The average molecular weight is 533 g/mol. The SMILES string of the molecule is CO/N=C(/c1ccc(OC(F)(F)F)cc1)C1CCN(C2(C)CCN(C(=O)c3c(C)ccnc3C)CC2)CC1. The molecule has 2 aliphatic rings. The monoisotopic (exact) mass is 532 g/mol. The number of amides is 1. The van der Waals surface area contributed by atoms with Crippen LogP contribution >= 0.6 is 0 Å². The van der Waals surface area contributed by atoms with E-state index in [-0.39, 0.29) is 23.1 Å². The van der Waals surface area contributed by atoms with Gasteiger partial charge < -0.3 is 14.5 Å². The summed E-state index contributed by atoms with van der Waals surface area (Å²) in [5.74, 6) is -0.0808. The number of likely N-dealkylation sites (tertiary alicyclic amines) is 2. The van der Waals surface area contributed by atoms with E-state index in [1.54, 1.807) is 18.3 Å².